The fourth-order valence-electron chi connectivity index (χ4n) is 3.26. The molecule has 7 nitrogen and oxygen atoms in total. The van der Waals surface area contributed by atoms with Crippen molar-refractivity contribution in [1.29, 1.82) is 0 Å². The van der Waals surface area contributed by atoms with Crippen LogP contribution in [0.25, 0.3) is 22.4 Å². The minimum atomic E-state index is -0.742. The van der Waals surface area contributed by atoms with Crippen LogP contribution in [0.4, 0.5) is 10.1 Å². The highest BCUT2D eigenvalue weighted by Crippen LogP contribution is 2.23. The average Bonchev–Trinajstić information content (AvgIpc) is 3.21. The predicted molar refractivity (Wildman–Crippen MR) is 107 cm³/mol. The van der Waals surface area contributed by atoms with Gasteiger partial charge in [-0.25, -0.2) is 9.37 Å². The SMILES string of the molecule is Cc1nn(C)c(C)c1C(=O)C(=O)Nc1ccc2nc(-c3cccc(F)c3)[nH]c2c1. The molecule has 0 saturated carbocycles. The fourth-order valence-corrected chi connectivity index (χ4v) is 3.26. The molecule has 0 unspecified atom stereocenters. The Morgan fingerprint density at radius 1 is 1.14 bits per heavy atom. The van der Waals surface area contributed by atoms with Crippen LogP contribution in [-0.2, 0) is 11.8 Å². The third-order valence-electron chi connectivity index (χ3n) is 4.78. The number of H-pyrrole nitrogens is 1. The lowest BCUT2D eigenvalue weighted by Gasteiger charge is -2.05. The van der Waals surface area contributed by atoms with Crippen molar-refractivity contribution < 1.29 is 14.0 Å². The molecule has 0 saturated heterocycles. The Kier molecular flexibility index (Phi) is 4.46. The van der Waals surface area contributed by atoms with Crippen molar-refractivity contribution in [3.8, 4) is 11.4 Å². The summed E-state index contributed by atoms with van der Waals surface area (Å²) < 4.78 is 15.0. The first-order chi connectivity index (χ1) is 13.8. The summed E-state index contributed by atoms with van der Waals surface area (Å²) in [5.41, 5.74) is 3.83. The van der Waals surface area contributed by atoms with Gasteiger partial charge in [0.25, 0.3) is 11.7 Å². The van der Waals surface area contributed by atoms with E-state index in [4.69, 9.17) is 0 Å². The lowest BCUT2D eigenvalue weighted by molar-refractivity contribution is -0.112. The molecule has 29 heavy (non-hydrogen) atoms. The van der Waals surface area contributed by atoms with Crippen LogP contribution in [0.1, 0.15) is 21.7 Å². The number of fused-ring (bicyclic) bond motifs is 1. The number of halogens is 1. The summed E-state index contributed by atoms with van der Waals surface area (Å²) in [7, 11) is 1.72. The Balaban J connectivity index is 1.60. The van der Waals surface area contributed by atoms with Crippen LogP contribution >= 0.6 is 0 Å². The molecule has 0 bridgehead atoms. The number of carbonyl (C=O) groups is 2. The molecule has 146 valence electrons. The molecule has 1 amide bonds. The number of aromatic amines is 1. The molecule has 4 rings (SSSR count). The van der Waals surface area contributed by atoms with E-state index in [1.165, 1.54) is 12.1 Å². The van der Waals surface area contributed by atoms with Gasteiger partial charge in [0.2, 0.25) is 0 Å². The summed E-state index contributed by atoms with van der Waals surface area (Å²) in [6, 6.07) is 11.2. The average molecular weight is 391 g/mol. The lowest BCUT2D eigenvalue weighted by atomic mass is 10.1. The molecule has 2 aromatic heterocycles. The second-order valence-electron chi connectivity index (χ2n) is 6.78. The van der Waals surface area contributed by atoms with Crippen LogP contribution < -0.4 is 5.32 Å². The highest BCUT2D eigenvalue weighted by Gasteiger charge is 2.24. The number of rotatable bonds is 4. The molecule has 8 heteroatoms. The van der Waals surface area contributed by atoms with E-state index in [-0.39, 0.29) is 5.82 Å². The third-order valence-corrected chi connectivity index (χ3v) is 4.78. The van der Waals surface area contributed by atoms with Crippen LogP contribution in [0.15, 0.2) is 42.5 Å². The van der Waals surface area contributed by atoms with Gasteiger partial charge in [0.15, 0.2) is 0 Å². The molecule has 0 spiro atoms. The van der Waals surface area contributed by atoms with Gasteiger partial charge < -0.3 is 10.3 Å². The van der Waals surface area contributed by atoms with E-state index in [0.717, 1.165) is 0 Å². The van der Waals surface area contributed by atoms with E-state index < -0.39 is 11.7 Å². The first-order valence-electron chi connectivity index (χ1n) is 8.95. The summed E-state index contributed by atoms with van der Waals surface area (Å²) >= 11 is 0. The van der Waals surface area contributed by atoms with E-state index in [9.17, 15) is 14.0 Å². The molecule has 0 fully saturated rings. The summed E-state index contributed by atoms with van der Waals surface area (Å²) in [4.78, 5) is 32.6. The number of carbonyl (C=O) groups excluding carboxylic acids is 2. The number of Topliss-reactive ketones (excluding diaryl/α,β-unsaturated/α-hetero) is 1. The second kappa shape index (κ2) is 6.97. The Morgan fingerprint density at radius 3 is 2.62 bits per heavy atom. The lowest BCUT2D eigenvalue weighted by Crippen LogP contribution is -2.24. The van der Waals surface area contributed by atoms with Crippen molar-refractivity contribution >= 4 is 28.4 Å². The van der Waals surface area contributed by atoms with Gasteiger partial charge in [-0.2, -0.15) is 5.10 Å². The molecule has 0 atom stereocenters. The first-order valence-corrected chi connectivity index (χ1v) is 8.95. The quantitative estimate of drug-likeness (QED) is 0.411. The Labute approximate surface area is 165 Å². The molecule has 0 radical (unpaired) electrons. The van der Waals surface area contributed by atoms with Crippen molar-refractivity contribution in [2.45, 2.75) is 13.8 Å². The first kappa shape index (κ1) is 18.5. The van der Waals surface area contributed by atoms with Crippen molar-refractivity contribution in [2.75, 3.05) is 5.32 Å². The Hall–Kier alpha value is -3.81. The van der Waals surface area contributed by atoms with Crippen molar-refractivity contribution in [2.24, 2.45) is 7.05 Å². The molecule has 2 heterocycles. The standard InChI is InChI=1S/C21H18FN5O2/c1-11-18(12(2)27(3)26-11)19(28)21(29)23-15-7-8-16-17(10-15)25-20(24-16)13-5-4-6-14(22)9-13/h4-10H,1-3H3,(H,23,29)(H,24,25). The maximum atomic E-state index is 13.5. The smallest absolute Gasteiger partial charge is 0.296 e. The number of ketones is 1. The van der Waals surface area contributed by atoms with Gasteiger partial charge in [-0.3, -0.25) is 14.3 Å². The monoisotopic (exact) mass is 391 g/mol. The molecule has 0 aliphatic carbocycles. The highest BCUT2D eigenvalue weighted by atomic mass is 19.1. The van der Waals surface area contributed by atoms with Gasteiger partial charge in [-0.15, -0.1) is 0 Å². The van der Waals surface area contributed by atoms with Crippen LogP contribution in [0, 0.1) is 19.7 Å². The maximum absolute atomic E-state index is 13.5. The predicted octanol–water partition coefficient (Wildman–Crippen LogP) is 3.54. The summed E-state index contributed by atoms with van der Waals surface area (Å²) in [6.45, 7) is 3.43. The zero-order valence-corrected chi connectivity index (χ0v) is 16.1. The van der Waals surface area contributed by atoms with E-state index in [1.807, 2.05) is 0 Å². The molecular weight excluding hydrogens is 373 g/mol. The van der Waals surface area contributed by atoms with E-state index in [1.54, 1.807) is 55.9 Å². The second-order valence-corrected chi connectivity index (χ2v) is 6.78. The number of benzene rings is 2. The molecule has 0 aliphatic rings. The molecule has 2 N–H and O–H groups in total. The number of hydrogen-bond donors (Lipinski definition) is 2. The maximum Gasteiger partial charge on any atom is 0.296 e. The Morgan fingerprint density at radius 2 is 1.93 bits per heavy atom. The largest absolute Gasteiger partial charge is 0.338 e. The van der Waals surface area contributed by atoms with Crippen LogP contribution in [-0.4, -0.2) is 31.4 Å². The number of aryl methyl sites for hydroxylation is 2. The summed E-state index contributed by atoms with van der Waals surface area (Å²) in [6.07, 6.45) is 0. The normalized spacial score (nSPS) is 11.0. The third kappa shape index (κ3) is 3.40. The van der Waals surface area contributed by atoms with E-state index in [2.05, 4.69) is 20.4 Å². The number of nitrogens with one attached hydrogen (secondary N) is 2. The van der Waals surface area contributed by atoms with Crippen LogP contribution in [0.5, 0.6) is 0 Å². The Bertz CT molecular complexity index is 1270. The molecule has 4 aromatic rings. The van der Waals surface area contributed by atoms with Gasteiger partial charge in [-0.1, -0.05) is 12.1 Å². The number of aromatic nitrogens is 4. The minimum Gasteiger partial charge on any atom is -0.338 e. The molecule has 0 aliphatic heterocycles. The van der Waals surface area contributed by atoms with Crippen molar-refractivity contribution in [3.63, 3.8) is 0 Å². The van der Waals surface area contributed by atoms with Gasteiger partial charge in [0, 0.05) is 24.0 Å². The van der Waals surface area contributed by atoms with E-state index in [0.29, 0.717) is 45.1 Å². The van der Waals surface area contributed by atoms with Gasteiger partial charge >= 0.3 is 0 Å². The van der Waals surface area contributed by atoms with Crippen LogP contribution in [0.3, 0.4) is 0 Å². The number of nitrogens with zero attached hydrogens (tertiary/aromatic N) is 3. The van der Waals surface area contributed by atoms with Crippen LogP contribution in [0.2, 0.25) is 0 Å². The molecular formula is C21H18FN5O2. The van der Waals surface area contributed by atoms with Gasteiger partial charge in [-0.05, 0) is 44.2 Å². The number of anilines is 1. The zero-order chi connectivity index (χ0) is 20.7. The number of amides is 1. The number of hydrogen-bond acceptors (Lipinski definition) is 4. The highest BCUT2D eigenvalue weighted by molar-refractivity contribution is 6.47. The zero-order valence-electron chi connectivity index (χ0n) is 16.1. The molecule has 2 aromatic carbocycles. The number of imidazole rings is 1. The summed E-state index contributed by atoms with van der Waals surface area (Å²) in [5.74, 6) is -1.22. The van der Waals surface area contributed by atoms with Crippen molar-refractivity contribution in [1.82, 2.24) is 19.7 Å². The minimum absolute atomic E-state index is 0.306. The van der Waals surface area contributed by atoms with Gasteiger partial charge in [0.1, 0.15) is 11.6 Å². The topological polar surface area (TPSA) is 92.7 Å². The summed E-state index contributed by atoms with van der Waals surface area (Å²) in [5, 5.41) is 6.80. The van der Waals surface area contributed by atoms with Crippen molar-refractivity contribution in [3.05, 3.63) is 65.2 Å². The van der Waals surface area contributed by atoms with E-state index >= 15 is 0 Å². The fraction of sp³-hybridized carbons (Fsp3) is 0.143. The van der Waals surface area contributed by atoms with Gasteiger partial charge in [0.05, 0.1) is 22.3 Å².